The molecule has 1 unspecified atom stereocenters. The zero-order chi connectivity index (χ0) is 12.1. The summed E-state index contributed by atoms with van der Waals surface area (Å²) in [5.74, 6) is -0.599. The first-order valence-corrected chi connectivity index (χ1v) is 4.83. The van der Waals surface area contributed by atoms with Crippen molar-refractivity contribution in [3.63, 3.8) is 0 Å². The van der Waals surface area contributed by atoms with E-state index in [0.29, 0.717) is 12.4 Å². The molecule has 0 saturated carbocycles. The van der Waals surface area contributed by atoms with Crippen LogP contribution in [0.25, 0.3) is 0 Å². The van der Waals surface area contributed by atoms with E-state index in [4.69, 9.17) is 20.3 Å². The minimum absolute atomic E-state index is 0.0440. The zero-order valence-electron chi connectivity index (χ0n) is 9.27. The summed E-state index contributed by atoms with van der Waals surface area (Å²) in [7, 11) is 1.58. The quantitative estimate of drug-likeness (QED) is 0.740. The molecular formula is C11H15NO4. The Balaban J connectivity index is 2.75. The molecule has 5 heteroatoms. The van der Waals surface area contributed by atoms with Crippen LogP contribution in [-0.4, -0.2) is 30.9 Å². The maximum atomic E-state index is 10.8. The van der Waals surface area contributed by atoms with Crippen molar-refractivity contribution in [2.24, 2.45) is 0 Å². The minimum Gasteiger partial charge on any atom is -0.491 e. The molecule has 0 aromatic heterocycles. The highest BCUT2D eigenvalue weighted by Gasteiger charge is 2.09. The average Bonchev–Trinajstić information content (AvgIpc) is 2.27. The van der Waals surface area contributed by atoms with E-state index < -0.39 is 5.97 Å². The Morgan fingerprint density at radius 3 is 2.81 bits per heavy atom. The van der Waals surface area contributed by atoms with Gasteiger partial charge in [0.25, 0.3) is 0 Å². The number of benzene rings is 1. The average molecular weight is 225 g/mol. The molecule has 0 aliphatic carbocycles. The van der Waals surface area contributed by atoms with Crippen molar-refractivity contribution in [3.8, 4) is 5.75 Å². The largest absolute Gasteiger partial charge is 0.491 e. The standard InChI is InChI=1S/C11H15NO4/c1-7(15-2)6-16-8-3-4-10(12)9(5-8)11(13)14/h3-5,7H,6,12H2,1-2H3,(H,13,14). The summed E-state index contributed by atoms with van der Waals surface area (Å²) < 4.78 is 10.4. The summed E-state index contributed by atoms with van der Waals surface area (Å²) in [6.07, 6.45) is -0.0502. The first-order chi connectivity index (χ1) is 7.54. The molecule has 0 saturated heterocycles. The third kappa shape index (κ3) is 3.13. The maximum absolute atomic E-state index is 10.8. The molecule has 0 heterocycles. The van der Waals surface area contributed by atoms with Gasteiger partial charge in [0.2, 0.25) is 0 Å². The van der Waals surface area contributed by atoms with Crippen LogP contribution in [0, 0.1) is 0 Å². The number of rotatable bonds is 5. The molecule has 1 atom stereocenters. The number of anilines is 1. The lowest BCUT2D eigenvalue weighted by Crippen LogP contribution is -2.16. The molecular weight excluding hydrogens is 210 g/mol. The molecule has 0 aliphatic heterocycles. The van der Waals surface area contributed by atoms with Gasteiger partial charge >= 0.3 is 5.97 Å². The summed E-state index contributed by atoms with van der Waals surface area (Å²) in [5, 5.41) is 8.85. The molecule has 1 aromatic carbocycles. The Morgan fingerprint density at radius 2 is 2.25 bits per heavy atom. The Labute approximate surface area is 93.8 Å². The molecule has 0 amide bonds. The number of hydrogen-bond donors (Lipinski definition) is 2. The predicted octanol–water partition coefficient (Wildman–Crippen LogP) is 1.38. The third-order valence-electron chi connectivity index (χ3n) is 2.14. The fourth-order valence-electron chi connectivity index (χ4n) is 1.09. The van der Waals surface area contributed by atoms with Crippen molar-refractivity contribution in [1.29, 1.82) is 0 Å². The van der Waals surface area contributed by atoms with Crippen LogP contribution in [0.1, 0.15) is 17.3 Å². The number of carboxylic acid groups (broad SMARTS) is 1. The van der Waals surface area contributed by atoms with Crippen LogP contribution in [0.5, 0.6) is 5.75 Å². The molecule has 3 N–H and O–H groups in total. The highest BCUT2D eigenvalue weighted by molar-refractivity contribution is 5.94. The maximum Gasteiger partial charge on any atom is 0.337 e. The summed E-state index contributed by atoms with van der Waals surface area (Å²) in [5.41, 5.74) is 5.78. The van der Waals surface area contributed by atoms with Crippen LogP contribution < -0.4 is 10.5 Å². The van der Waals surface area contributed by atoms with E-state index in [2.05, 4.69) is 0 Å². The number of methoxy groups -OCH3 is 1. The lowest BCUT2D eigenvalue weighted by molar-refractivity contribution is 0.0690. The fourth-order valence-corrected chi connectivity index (χ4v) is 1.09. The number of nitrogens with two attached hydrogens (primary N) is 1. The molecule has 5 nitrogen and oxygen atoms in total. The van der Waals surface area contributed by atoms with Crippen molar-refractivity contribution >= 4 is 11.7 Å². The highest BCUT2D eigenvalue weighted by Crippen LogP contribution is 2.19. The van der Waals surface area contributed by atoms with Gasteiger partial charge in [-0.05, 0) is 25.1 Å². The molecule has 0 radical (unpaired) electrons. The summed E-state index contributed by atoms with van der Waals surface area (Å²) in [6, 6.07) is 4.54. The van der Waals surface area contributed by atoms with Crippen LogP contribution in [0.4, 0.5) is 5.69 Å². The smallest absolute Gasteiger partial charge is 0.337 e. The molecule has 88 valence electrons. The number of ether oxygens (including phenoxy) is 2. The lowest BCUT2D eigenvalue weighted by atomic mass is 10.2. The van der Waals surface area contributed by atoms with E-state index in [-0.39, 0.29) is 17.4 Å². The second kappa shape index (κ2) is 5.37. The van der Waals surface area contributed by atoms with Crippen molar-refractivity contribution in [2.75, 3.05) is 19.5 Å². The molecule has 0 spiro atoms. The number of carbonyl (C=O) groups is 1. The predicted molar refractivity (Wildman–Crippen MR) is 59.8 cm³/mol. The Bertz CT molecular complexity index is 378. The van der Waals surface area contributed by atoms with E-state index in [1.54, 1.807) is 13.2 Å². The van der Waals surface area contributed by atoms with Crippen LogP contribution >= 0.6 is 0 Å². The fraction of sp³-hybridized carbons (Fsp3) is 0.364. The number of aromatic carboxylic acids is 1. The van der Waals surface area contributed by atoms with Crippen molar-refractivity contribution in [2.45, 2.75) is 13.0 Å². The van der Waals surface area contributed by atoms with E-state index in [1.807, 2.05) is 6.92 Å². The van der Waals surface area contributed by atoms with Crippen molar-refractivity contribution < 1.29 is 19.4 Å². The second-order valence-electron chi connectivity index (χ2n) is 3.41. The van der Waals surface area contributed by atoms with Gasteiger partial charge in [-0.15, -0.1) is 0 Å². The van der Waals surface area contributed by atoms with Gasteiger partial charge in [-0.2, -0.15) is 0 Å². The summed E-state index contributed by atoms with van der Waals surface area (Å²) in [4.78, 5) is 10.8. The van der Waals surface area contributed by atoms with Crippen LogP contribution in [0.3, 0.4) is 0 Å². The molecule has 0 bridgehead atoms. The van der Waals surface area contributed by atoms with E-state index in [0.717, 1.165) is 0 Å². The van der Waals surface area contributed by atoms with Gasteiger partial charge in [-0.1, -0.05) is 0 Å². The van der Waals surface area contributed by atoms with E-state index in [9.17, 15) is 4.79 Å². The summed E-state index contributed by atoms with van der Waals surface area (Å²) in [6.45, 7) is 2.22. The van der Waals surface area contributed by atoms with Crippen LogP contribution in [0.15, 0.2) is 18.2 Å². The normalized spacial score (nSPS) is 12.1. The highest BCUT2D eigenvalue weighted by atomic mass is 16.5. The Hall–Kier alpha value is -1.75. The zero-order valence-corrected chi connectivity index (χ0v) is 9.27. The molecule has 0 aliphatic rings. The van der Waals surface area contributed by atoms with Crippen molar-refractivity contribution in [3.05, 3.63) is 23.8 Å². The van der Waals surface area contributed by atoms with Gasteiger partial charge in [0, 0.05) is 12.8 Å². The topological polar surface area (TPSA) is 81.8 Å². The minimum atomic E-state index is -1.07. The SMILES string of the molecule is COC(C)COc1ccc(N)c(C(=O)O)c1. The molecule has 0 fully saturated rings. The van der Waals surface area contributed by atoms with Gasteiger partial charge in [0.15, 0.2) is 0 Å². The van der Waals surface area contributed by atoms with Crippen molar-refractivity contribution in [1.82, 2.24) is 0 Å². The van der Waals surface area contributed by atoms with E-state index >= 15 is 0 Å². The van der Waals surface area contributed by atoms with Gasteiger partial charge in [-0.3, -0.25) is 0 Å². The molecule has 1 aromatic rings. The molecule has 16 heavy (non-hydrogen) atoms. The monoisotopic (exact) mass is 225 g/mol. The van der Waals surface area contributed by atoms with Crippen LogP contribution in [0.2, 0.25) is 0 Å². The van der Waals surface area contributed by atoms with Gasteiger partial charge in [-0.25, -0.2) is 4.79 Å². The van der Waals surface area contributed by atoms with Gasteiger partial charge < -0.3 is 20.3 Å². The first kappa shape index (κ1) is 12.3. The number of carboxylic acids is 1. The summed E-state index contributed by atoms with van der Waals surface area (Å²) >= 11 is 0. The lowest BCUT2D eigenvalue weighted by Gasteiger charge is -2.12. The third-order valence-corrected chi connectivity index (χ3v) is 2.14. The molecule has 1 rings (SSSR count). The number of nitrogen functional groups attached to an aromatic ring is 1. The second-order valence-corrected chi connectivity index (χ2v) is 3.41. The van der Waals surface area contributed by atoms with Crippen LogP contribution in [-0.2, 0) is 4.74 Å². The Morgan fingerprint density at radius 1 is 1.56 bits per heavy atom. The van der Waals surface area contributed by atoms with Gasteiger partial charge in [0.1, 0.15) is 12.4 Å². The first-order valence-electron chi connectivity index (χ1n) is 4.83. The number of hydrogen-bond acceptors (Lipinski definition) is 4. The Kier molecular flexibility index (Phi) is 4.13. The van der Waals surface area contributed by atoms with E-state index in [1.165, 1.54) is 12.1 Å². The van der Waals surface area contributed by atoms with Gasteiger partial charge in [0.05, 0.1) is 11.7 Å².